The van der Waals surface area contributed by atoms with Crippen molar-refractivity contribution in [3.8, 4) is 5.75 Å². The molecular formula is C22H33N3O4. The zero-order valence-corrected chi connectivity index (χ0v) is 17.6. The van der Waals surface area contributed by atoms with Gasteiger partial charge in [0.05, 0.1) is 19.9 Å². The Balaban J connectivity index is 1.48. The van der Waals surface area contributed by atoms with Crippen LogP contribution in [-0.4, -0.2) is 81.2 Å². The van der Waals surface area contributed by atoms with Gasteiger partial charge >= 0.3 is 5.97 Å². The van der Waals surface area contributed by atoms with Gasteiger partial charge in [-0.25, -0.2) is 0 Å². The lowest BCUT2D eigenvalue weighted by atomic mass is 10.0. The number of esters is 1. The lowest BCUT2D eigenvalue weighted by molar-refractivity contribution is -0.141. The standard InChI is InChI=1S/C22H33N3O4/c1-28-20-9-4-3-8-19(20)24-15-13-23(14-16-24)18-7-6-12-25(17-18)21(26)10-5-11-22(27)29-2/h3-4,8-9,18H,5-7,10-17H2,1-2H3/t18-/m0/s1. The van der Waals surface area contributed by atoms with Crippen molar-refractivity contribution < 1.29 is 19.1 Å². The van der Waals surface area contributed by atoms with Crippen molar-refractivity contribution in [1.82, 2.24) is 9.80 Å². The molecule has 29 heavy (non-hydrogen) atoms. The molecule has 0 spiro atoms. The number of hydrogen-bond donors (Lipinski definition) is 0. The first-order chi connectivity index (χ1) is 14.1. The molecule has 1 aromatic carbocycles. The number of amides is 1. The molecular weight excluding hydrogens is 370 g/mol. The zero-order chi connectivity index (χ0) is 20.6. The van der Waals surface area contributed by atoms with Crippen LogP contribution in [0.15, 0.2) is 24.3 Å². The lowest BCUT2D eigenvalue weighted by Gasteiger charge is -2.44. The monoisotopic (exact) mass is 403 g/mol. The minimum absolute atomic E-state index is 0.159. The Hall–Kier alpha value is -2.28. The molecule has 0 unspecified atom stereocenters. The fourth-order valence-corrected chi connectivity index (χ4v) is 4.34. The second kappa shape index (κ2) is 10.5. The Morgan fingerprint density at radius 1 is 1.03 bits per heavy atom. The molecule has 1 amide bonds. The third kappa shape index (κ3) is 5.63. The predicted octanol–water partition coefficient (Wildman–Crippen LogP) is 2.15. The van der Waals surface area contributed by atoms with Gasteiger partial charge in [-0.05, 0) is 31.4 Å². The number of anilines is 1. The molecule has 2 aliphatic heterocycles. The second-order valence-corrected chi connectivity index (χ2v) is 7.76. The van der Waals surface area contributed by atoms with E-state index in [1.54, 1.807) is 7.11 Å². The van der Waals surface area contributed by atoms with E-state index in [-0.39, 0.29) is 11.9 Å². The maximum atomic E-state index is 12.5. The molecule has 160 valence electrons. The molecule has 0 radical (unpaired) electrons. The number of para-hydroxylation sites is 2. The molecule has 0 N–H and O–H groups in total. The van der Waals surface area contributed by atoms with Crippen LogP contribution in [0.3, 0.4) is 0 Å². The summed E-state index contributed by atoms with van der Waals surface area (Å²) in [7, 11) is 3.10. The van der Waals surface area contributed by atoms with E-state index in [1.165, 1.54) is 7.11 Å². The number of benzene rings is 1. The SMILES string of the molecule is COC(=O)CCCC(=O)N1CCC[C@H](N2CCN(c3ccccc3OC)CC2)C1. The van der Waals surface area contributed by atoms with Gasteiger partial charge in [0.15, 0.2) is 0 Å². The van der Waals surface area contributed by atoms with Crippen molar-refractivity contribution in [2.24, 2.45) is 0 Å². The highest BCUT2D eigenvalue weighted by Crippen LogP contribution is 2.29. The first-order valence-electron chi connectivity index (χ1n) is 10.6. The molecule has 2 fully saturated rings. The first kappa shape index (κ1) is 21.4. The molecule has 1 atom stereocenters. The van der Waals surface area contributed by atoms with Crippen LogP contribution < -0.4 is 9.64 Å². The minimum atomic E-state index is -0.248. The maximum Gasteiger partial charge on any atom is 0.305 e. The van der Waals surface area contributed by atoms with E-state index >= 15 is 0 Å². The molecule has 0 saturated carbocycles. The van der Waals surface area contributed by atoms with Crippen molar-refractivity contribution in [3.05, 3.63) is 24.3 Å². The summed E-state index contributed by atoms with van der Waals surface area (Å²) >= 11 is 0. The van der Waals surface area contributed by atoms with Crippen LogP contribution in [0.5, 0.6) is 5.75 Å². The molecule has 3 rings (SSSR count). The van der Waals surface area contributed by atoms with Gasteiger partial charge in [-0.15, -0.1) is 0 Å². The third-order valence-corrected chi connectivity index (χ3v) is 6.00. The third-order valence-electron chi connectivity index (χ3n) is 6.00. The lowest BCUT2D eigenvalue weighted by Crippen LogP contribution is -2.55. The summed E-state index contributed by atoms with van der Waals surface area (Å²) in [6.45, 7) is 5.54. The Morgan fingerprint density at radius 2 is 1.79 bits per heavy atom. The van der Waals surface area contributed by atoms with Gasteiger partial charge in [0, 0.05) is 58.2 Å². The van der Waals surface area contributed by atoms with E-state index in [0.29, 0.717) is 25.3 Å². The highest BCUT2D eigenvalue weighted by molar-refractivity contribution is 5.77. The molecule has 7 heteroatoms. The Labute approximate surface area is 173 Å². The van der Waals surface area contributed by atoms with Crippen LogP contribution in [0.1, 0.15) is 32.1 Å². The molecule has 2 aliphatic rings. The summed E-state index contributed by atoms with van der Waals surface area (Å²) < 4.78 is 10.2. The number of nitrogens with zero attached hydrogens (tertiary/aromatic N) is 3. The van der Waals surface area contributed by atoms with Crippen molar-refractivity contribution in [3.63, 3.8) is 0 Å². The van der Waals surface area contributed by atoms with E-state index in [0.717, 1.165) is 63.5 Å². The molecule has 2 heterocycles. The normalized spacial score (nSPS) is 20.4. The number of piperidine rings is 1. The highest BCUT2D eigenvalue weighted by atomic mass is 16.5. The number of piperazine rings is 1. The van der Waals surface area contributed by atoms with Crippen LogP contribution in [0.2, 0.25) is 0 Å². The summed E-state index contributed by atoms with van der Waals surface area (Å²) in [5.41, 5.74) is 1.15. The second-order valence-electron chi connectivity index (χ2n) is 7.76. The number of likely N-dealkylation sites (tertiary alicyclic amines) is 1. The van der Waals surface area contributed by atoms with Gasteiger partial charge in [0.2, 0.25) is 5.91 Å². The fourth-order valence-electron chi connectivity index (χ4n) is 4.34. The predicted molar refractivity (Wildman–Crippen MR) is 112 cm³/mol. The van der Waals surface area contributed by atoms with Crippen LogP contribution in [0.25, 0.3) is 0 Å². The fraction of sp³-hybridized carbons (Fsp3) is 0.636. The smallest absolute Gasteiger partial charge is 0.305 e. The summed E-state index contributed by atoms with van der Waals surface area (Å²) in [6, 6.07) is 8.59. The van der Waals surface area contributed by atoms with Crippen molar-refractivity contribution >= 4 is 17.6 Å². The first-order valence-corrected chi connectivity index (χ1v) is 10.6. The van der Waals surface area contributed by atoms with Gasteiger partial charge in [-0.1, -0.05) is 12.1 Å². The van der Waals surface area contributed by atoms with Gasteiger partial charge < -0.3 is 19.3 Å². The molecule has 0 aromatic heterocycles. The summed E-state index contributed by atoms with van der Waals surface area (Å²) in [5, 5.41) is 0. The van der Waals surface area contributed by atoms with E-state index in [4.69, 9.17) is 4.74 Å². The number of carbonyl (C=O) groups excluding carboxylic acids is 2. The van der Waals surface area contributed by atoms with E-state index in [2.05, 4.69) is 26.7 Å². The number of hydrogen-bond acceptors (Lipinski definition) is 6. The van der Waals surface area contributed by atoms with E-state index < -0.39 is 0 Å². The topological polar surface area (TPSA) is 62.3 Å². The summed E-state index contributed by atoms with van der Waals surface area (Å²) in [4.78, 5) is 30.7. The van der Waals surface area contributed by atoms with Crippen molar-refractivity contribution in [2.75, 3.05) is 58.4 Å². The molecule has 0 bridgehead atoms. The Kier molecular flexibility index (Phi) is 7.75. The zero-order valence-electron chi connectivity index (χ0n) is 17.6. The van der Waals surface area contributed by atoms with Crippen LogP contribution >= 0.6 is 0 Å². The van der Waals surface area contributed by atoms with E-state index in [1.807, 2.05) is 17.0 Å². The van der Waals surface area contributed by atoms with Crippen LogP contribution in [0, 0.1) is 0 Å². The van der Waals surface area contributed by atoms with Crippen molar-refractivity contribution in [1.29, 1.82) is 0 Å². The summed E-state index contributed by atoms with van der Waals surface area (Å²) in [5.74, 6) is 0.829. The number of methoxy groups -OCH3 is 2. The number of rotatable bonds is 7. The van der Waals surface area contributed by atoms with Crippen molar-refractivity contribution in [2.45, 2.75) is 38.1 Å². The average Bonchev–Trinajstić information content (AvgIpc) is 2.79. The molecule has 2 saturated heterocycles. The van der Waals surface area contributed by atoms with Gasteiger partial charge in [0.1, 0.15) is 5.75 Å². The minimum Gasteiger partial charge on any atom is -0.495 e. The van der Waals surface area contributed by atoms with Gasteiger partial charge in [-0.3, -0.25) is 14.5 Å². The quantitative estimate of drug-likeness (QED) is 0.650. The summed E-state index contributed by atoms with van der Waals surface area (Å²) in [6.07, 6.45) is 3.47. The molecule has 1 aromatic rings. The average molecular weight is 404 g/mol. The van der Waals surface area contributed by atoms with Gasteiger partial charge in [-0.2, -0.15) is 0 Å². The van der Waals surface area contributed by atoms with Crippen LogP contribution in [-0.2, 0) is 14.3 Å². The highest BCUT2D eigenvalue weighted by Gasteiger charge is 2.30. The molecule has 0 aliphatic carbocycles. The Morgan fingerprint density at radius 3 is 2.52 bits per heavy atom. The van der Waals surface area contributed by atoms with E-state index in [9.17, 15) is 9.59 Å². The van der Waals surface area contributed by atoms with Crippen LogP contribution in [0.4, 0.5) is 5.69 Å². The number of ether oxygens (including phenoxy) is 2. The maximum absolute atomic E-state index is 12.5. The van der Waals surface area contributed by atoms with Gasteiger partial charge in [0.25, 0.3) is 0 Å². The number of carbonyl (C=O) groups is 2. The molecule has 7 nitrogen and oxygen atoms in total. The largest absolute Gasteiger partial charge is 0.495 e. The Bertz CT molecular complexity index is 688.